The van der Waals surface area contributed by atoms with E-state index in [1.54, 1.807) is 11.3 Å². The van der Waals surface area contributed by atoms with Crippen LogP contribution in [-0.2, 0) is 4.74 Å². The van der Waals surface area contributed by atoms with E-state index < -0.39 is 0 Å². The molecule has 2 N–H and O–H groups in total. The molecule has 0 saturated heterocycles. The highest BCUT2D eigenvalue weighted by atomic mass is 32.1. The fourth-order valence-corrected chi connectivity index (χ4v) is 3.18. The van der Waals surface area contributed by atoms with Crippen molar-refractivity contribution in [3.63, 3.8) is 0 Å². The number of carbonyl (C=O) groups is 1. The lowest BCUT2D eigenvalue weighted by molar-refractivity contribution is 0.0601. The van der Waals surface area contributed by atoms with Gasteiger partial charge in [0.25, 0.3) is 0 Å². The molecule has 4 heteroatoms. The summed E-state index contributed by atoms with van der Waals surface area (Å²) in [5.74, 6) is 0.116. The van der Waals surface area contributed by atoms with Gasteiger partial charge in [0.05, 0.1) is 12.7 Å². The second-order valence-electron chi connectivity index (χ2n) is 4.55. The van der Waals surface area contributed by atoms with Crippen molar-refractivity contribution < 1.29 is 9.53 Å². The second-order valence-corrected chi connectivity index (χ2v) is 5.50. The predicted molar refractivity (Wildman–Crippen MR) is 60.2 cm³/mol. The van der Waals surface area contributed by atoms with Crippen LogP contribution in [0.15, 0.2) is 11.4 Å². The van der Waals surface area contributed by atoms with Crippen molar-refractivity contribution in [3.8, 4) is 0 Å². The van der Waals surface area contributed by atoms with Gasteiger partial charge in [0.15, 0.2) is 0 Å². The lowest BCUT2D eigenvalue weighted by atomic mass is 10.1. The zero-order chi connectivity index (χ0) is 11.2. The third kappa shape index (κ3) is 1.58. The van der Waals surface area contributed by atoms with Crippen molar-refractivity contribution >= 4 is 17.3 Å². The normalized spacial score (nSPS) is 27.5. The number of hydrogen-bond acceptors (Lipinski definition) is 4. The van der Waals surface area contributed by atoms with E-state index in [1.165, 1.54) is 12.0 Å². The van der Waals surface area contributed by atoms with Crippen LogP contribution in [0.1, 0.15) is 35.0 Å². The van der Waals surface area contributed by atoms with E-state index in [0.717, 1.165) is 0 Å². The van der Waals surface area contributed by atoms with E-state index >= 15 is 0 Å². The van der Waals surface area contributed by atoms with Crippen molar-refractivity contribution in [1.29, 1.82) is 0 Å². The smallest absolute Gasteiger partial charge is 0.338 e. The van der Waals surface area contributed by atoms with E-state index in [-0.39, 0.29) is 17.4 Å². The molecular formula is C11H15NO2S. The van der Waals surface area contributed by atoms with Crippen LogP contribution in [0.25, 0.3) is 0 Å². The van der Waals surface area contributed by atoms with Crippen LogP contribution in [0.2, 0.25) is 0 Å². The van der Waals surface area contributed by atoms with Crippen molar-refractivity contribution in [1.82, 2.24) is 0 Å². The molecule has 0 bridgehead atoms. The molecule has 0 spiro atoms. The summed E-state index contributed by atoms with van der Waals surface area (Å²) in [7, 11) is 1.40. The van der Waals surface area contributed by atoms with Crippen molar-refractivity contribution in [2.45, 2.75) is 25.8 Å². The molecular weight excluding hydrogens is 210 g/mol. The molecule has 1 heterocycles. The van der Waals surface area contributed by atoms with Crippen LogP contribution in [0.5, 0.6) is 0 Å². The summed E-state index contributed by atoms with van der Waals surface area (Å²) in [6.45, 7) is 4.31. The zero-order valence-corrected chi connectivity index (χ0v) is 9.93. The Balaban J connectivity index is 2.19. The summed E-state index contributed by atoms with van der Waals surface area (Å²) in [4.78, 5) is 12.5. The SMILES string of the molecule is COC(=O)c1csc([C@@H]2[C@@H](N)C2(C)C)c1. The summed E-state index contributed by atoms with van der Waals surface area (Å²) in [5, 5.41) is 1.84. The molecule has 1 aliphatic carbocycles. The minimum Gasteiger partial charge on any atom is -0.465 e. The van der Waals surface area contributed by atoms with Gasteiger partial charge in [-0.1, -0.05) is 13.8 Å². The van der Waals surface area contributed by atoms with E-state index in [9.17, 15) is 4.79 Å². The highest BCUT2D eigenvalue weighted by Crippen LogP contribution is 2.58. The van der Waals surface area contributed by atoms with E-state index in [4.69, 9.17) is 5.73 Å². The predicted octanol–water partition coefficient (Wildman–Crippen LogP) is 1.99. The van der Waals surface area contributed by atoms with E-state index in [0.29, 0.717) is 11.5 Å². The van der Waals surface area contributed by atoms with Gasteiger partial charge in [0.2, 0.25) is 0 Å². The largest absolute Gasteiger partial charge is 0.465 e. The Morgan fingerprint density at radius 2 is 2.20 bits per heavy atom. The zero-order valence-electron chi connectivity index (χ0n) is 9.11. The first kappa shape index (κ1) is 10.6. The van der Waals surface area contributed by atoms with Crippen LogP contribution in [0, 0.1) is 5.41 Å². The van der Waals surface area contributed by atoms with Crippen LogP contribution >= 0.6 is 11.3 Å². The fraction of sp³-hybridized carbons (Fsp3) is 0.545. The maximum atomic E-state index is 11.3. The molecule has 82 valence electrons. The van der Waals surface area contributed by atoms with Crippen molar-refractivity contribution in [3.05, 3.63) is 21.9 Å². The standard InChI is InChI=1S/C11H15NO2S/c1-11(2)8(9(11)12)7-4-6(5-15-7)10(13)14-3/h4-5,8-9H,12H2,1-3H3/t8-,9-/m1/s1. The fourth-order valence-electron chi connectivity index (χ4n) is 1.96. The molecule has 1 aromatic heterocycles. The molecule has 1 aliphatic rings. The maximum absolute atomic E-state index is 11.3. The van der Waals surface area contributed by atoms with Gasteiger partial charge in [0, 0.05) is 22.2 Å². The average Bonchev–Trinajstić information content (AvgIpc) is 2.58. The molecule has 0 radical (unpaired) electrons. The molecule has 1 aromatic rings. The molecule has 0 aromatic carbocycles. The summed E-state index contributed by atoms with van der Waals surface area (Å²) in [5.41, 5.74) is 6.78. The number of thiophene rings is 1. The molecule has 0 aliphatic heterocycles. The molecule has 0 amide bonds. The highest BCUT2D eigenvalue weighted by Gasteiger charge is 2.56. The van der Waals surface area contributed by atoms with E-state index in [2.05, 4.69) is 18.6 Å². The third-order valence-electron chi connectivity index (χ3n) is 3.26. The molecule has 15 heavy (non-hydrogen) atoms. The highest BCUT2D eigenvalue weighted by molar-refractivity contribution is 7.10. The molecule has 0 unspecified atom stereocenters. The molecule has 1 saturated carbocycles. The number of methoxy groups -OCH3 is 1. The van der Waals surface area contributed by atoms with Crippen LogP contribution in [0.3, 0.4) is 0 Å². The first-order valence-corrected chi connectivity index (χ1v) is 5.78. The Morgan fingerprint density at radius 3 is 2.67 bits per heavy atom. The lowest BCUT2D eigenvalue weighted by Crippen LogP contribution is -2.06. The number of rotatable bonds is 2. The van der Waals surface area contributed by atoms with Crippen molar-refractivity contribution in [2.24, 2.45) is 11.1 Å². The topological polar surface area (TPSA) is 52.3 Å². The first-order valence-electron chi connectivity index (χ1n) is 4.91. The molecule has 2 rings (SSSR count). The molecule has 2 atom stereocenters. The summed E-state index contributed by atoms with van der Waals surface area (Å²) in [6.07, 6.45) is 0. The Bertz CT molecular complexity index is 397. The van der Waals surface area contributed by atoms with Gasteiger partial charge in [-0.2, -0.15) is 0 Å². The van der Waals surface area contributed by atoms with Crippen LogP contribution in [0.4, 0.5) is 0 Å². The Morgan fingerprint density at radius 1 is 1.60 bits per heavy atom. The Kier molecular flexibility index (Phi) is 2.35. The van der Waals surface area contributed by atoms with Crippen LogP contribution < -0.4 is 5.73 Å². The quantitative estimate of drug-likeness (QED) is 0.783. The summed E-state index contributed by atoms with van der Waals surface area (Å²) >= 11 is 1.59. The number of nitrogens with two attached hydrogens (primary N) is 1. The van der Waals surface area contributed by atoms with Gasteiger partial charge in [0.1, 0.15) is 0 Å². The second kappa shape index (κ2) is 3.32. The van der Waals surface area contributed by atoms with E-state index in [1.807, 2.05) is 11.4 Å². The maximum Gasteiger partial charge on any atom is 0.338 e. The van der Waals surface area contributed by atoms with Gasteiger partial charge in [-0.3, -0.25) is 0 Å². The Hall–Kier alpha value is -0.870. The van der Waals surface area contributed by atoms with Crippen LogP contribution in [-0.4, -0.2) is 19.1 Å². The average molecular weight is 225 g/mol. The monoisotopic (exact) mass is 225 g/mol. The Labute approximate surface area is 93.2 Å². The van der Waals surface area contributed by atoms with Crippen molar-refractivity contribution in [2.75, 3.05) is 7.11 Å². The van der Waals surface area contributed by atoms with Gasteiger partial charge in [-0.05, 0) is 11.5 Å². The third-order valence-corrected chi connectivity index (χ3v) is 4.27. The number of esters is 1. The van der Waals surface area contributed by atoms with Gasteiger partial charge >= 0.3 is 5.97 Å². The number of ether oxygens (including phenoxy) is 1. The first-order chi connectivity index (χ1) is 6.98. The minimum absolute atomic E-state index is 0.165. The lowest BCUT2D eigenvalue weighted by Gasteiger charge is -1.98. The molecule has 1 fully saturated rings. The summed E-state index contributed by atoms with van der Waals surface area (Å²) < 4.78 is 4.67. The molecule has 3 nitrogen and oxygen atoms in total. The summed E-state index contributed by atoms with van der Waals surface area (Å²) in [6, 6.07) is 2.11. The number of carbonyl (C=O) groups excluding carboxylic acids is 1. The minimum atomic E-state index is -0.274. The van der Waals surface area contributed by atoms with Gasteiger partial charge in [-0.25, -0.2) is 4.79 Å². The van der Waals surface area contributed by atoms with Gasteiger partial charge in [-0.15, -0.1) is 11.3 Å². The number of hydrogen-bond donors (Lipinski definition) is 1. The van der Waals surface area contributed by atoms with Gasteiger partial charge < -0.3 is 10.5 Å².